The first-order valence-electron chi connectivity index (χ1n) is 10.4. The van der Waals surface area contributed by atoms with Crippen LogP contribution in [0.2, 0.25) is 0 Å². The van der Waals surface area contributed by atoms with Gasteiger partial charge in [-0.15, -0.1) is 0 Å². The fourth-order valence-electron chi connectivity index (χ4n) is 3.90. The molecule has 0 spiro atoms. The van der Waals surface area contributed by atoms with E-state index in [2.05, 4.69) is 47.5 Å². The molecule has 0 aliphatic heterocycles. The summed E-state index contributed by atoms with van der Waals surface area (Å²) in [7, 11) is 1.52. The van der Waals surface area contributed by atoms with Gasteiger partial charge in [0.2, 0.25) is 0 Å². The van der Waals surface area contributed by atoms with E-state index in [1.165, 1.54) is 29.4 Å². The van der Waals surface area contributed by atoms with Crippen LogP contribution >= 0.6 is 0 Å². The van der Waals surface area contributed by atoms with E-state index in [0.29, 0.717) is 24.3 Å². The first kappa shape index (κ1) is 21.0. The van der Waals surface area contributed by atoms with Crippen molar-refractivity contribution in [3.8, 4) is 34.8 Å². The van der Waals surface area contributed by atoms with Gasteiger partial charge < -0.3 is 14.8 Å². The van der Waals surface area contributed by atoms with Crippen molar-refractivity contribution in [2.45, 2.75) is 12.3 Å². The van der Waals surface area contributed by atoms with Gasteiger partial charge in [0, 0.05) is 24.4 Å². The number of carbonyl (C=O) groups excluding carboxylic acids is 1. The van der Waals surface area contributed by atoms with Crippen molar-refractivity contribution in [2.24, 2.45) is 0 Å². The Bertz CT molecular complexity index is 1200. The summed E-state index contributed by atoms with van der Waals surface area (Å²) in [5.74, 6) is 6.56. The summed E-state index contributed by atoms with van der Waals surface area (Å²) < 4.78 is 10.7. The molecular formula is C27H22N2O3. The lowest BCUT2D eigenvalue weighted by atomic mass is 9.98. The molecule has 0 unspecified atom stereocenters. The van der Waals surface area contributed by atoms with E-state index in [9.17, 15) is 4.79 Å². The minimum absolute atomic E-state index is 0.0410. The number of amides is 1. The zero-order chi connectivity index (χ0) is 22.3. The van der Waals surface area contributed by atoms with E-state index >= 15 is 0 Å². The van der Waals surface area contributed by atoms with Crippen LogP contribution in [0, 0.1) is 23.2 Å². The van der Waals surface area contributed by atoms with Crippen LogP contribution in [-0.4, -0.2) is 26.4 Å². The first-order chi connectivity index (χ1) is 15.7. The Morgan fingerprint density at radius 2 is 1.72 bits per heavy atom. The number of nitrogens with one attached hydrogen (secondary N) is 1. The maximum Gasteiger partial charge on any atom is 0.407 e. The predicted octanol–water partition coefficient (Wildman–Crippen LogP) is 4.85. The summed E-state index contributed by atoms with van der Waals surface area (Å²) in [6.07, 6.45) is 0.0284. The highest BCUT2D eigenvalue weighted by Crippen LogP contribution is 2.44. The Kier molecular flexibility index (Phi) is 6.39. The Hall–Kier alpha value is -4.22. The van der Waals surface area contributed by atoms with Crippen molar-refractivity contribution in [1.82, 2.24) is 5.32 Å². The third-order valence-corrected chi connectivity index (χ3v) is 5.42. The number of carbonyl (C=O) groups is 1. The monoisotopic (exact) mass is 422 g/mol. The van der Waals surface area contributed by atoms with Gasteiger partial charge in [0.25, 0.3) is 0 Å². The van der Waals surface area contributed by atoms with Crippen LogP contribution in [-0.2, 0) is 4.74 Å². The lowest BCUT2D eigenvalue weighted by molar-refractivity contribution is 0.143. The molecule has 1 aliphatic rings. The van der Waals surface area contributed by atoms with Gasteiger partial charge in [0.05, 0.1) is 12.7 Å². The summed E-state index contributed by atoms with van der Waals surface area (Å²) in [4.78, 5) is 12.2. The van der Waals surface area contributed by atoms with Crippen LogP contribution in [0.4, 0.5) is 4.79 Å². The van der Waals surface area contributed by atoms with Crippen molar-refractivity contribution in [1.29, 1.82) is 5.26 Å². The highest BCUT2D eigenvalue weighted by atomic mass is 16.5. The molecule has 0 heterocycles. The van der Waals surface area contributed by atoms with Crippen molar-refractivity contribution >= 4 is 6.09 Å². The molecule has 1 N–H and O–H groups in total. The molecule has 5 heteroatoms. The summed E-state index contributed by atoms with van der Waals surface area (Å²) in [5.41, 5.74) is 5.99. The summed E-state index contributed by atoms with van der Waals surface area (Å²) in [5, 5.41) is 11.8. The lowest BCUT2D eigenvalue weighted by Gasteiger charge is -2.14. The minimum atomic E-state index is -0.450. The number of nitrogens with zero attached hydrogens (tertiary/aromatic N) is 1. The molecule has 0 saturated carbocycles. The number of hydrogen-bond acceptors (Lipinski definition) is 4. The van der Waals surface area contributed by atoms with Crippen molar-refractivity contribution in [3.05, 3.63) is 89.0 Å². The minimum Gasteiger partial charge on any atom is -0.495 e. The Labute approximate surface area is 187 Å². The molecule has 158 valence electrons. The Morgan fingerprint density at radius 1 is 1.03 bits per heavy atom. The van der Waals surface area contributed by atoms with Gasteiger partial charge in [0.15, 0.2) is 0 Å². The molecular weight excluding hydrogens is 400 g/mol. The zero-order valence-electron chi connectivity index (χ0n) is 17.7. The van der Waals surface area contributed by atoms with E-state index in [0.717, 1.165) is 5.56 Å². The molecule has 5 nitrogen and oxygen atoms in total. The smallest absolute Gasteiger partial charge is 0.407 e. The maximum absolute atomic E-state index is 12.2. The number of nitriles is 1. The largest absolute Gasteiger partial charge is 0.495 e. The number of fused-ring (bicyclic) bond motifs is 3. The Balaban J connectivity index is 1.28. The van der Waals surface area contributed by atoms with Gasteiger partial charge in [-0.2, -0.15) is 5.26 Å². The summed E-state index contributed by atoms with van der Waals surface area (Å²) in [6, 6.07) is 23.7. The zero-order valence-corrected chi connectivity index (χ0v) is 17.7. The van der Waals surface area contributed by atoms with Gasteiger partial charge in [-0.05, 0) is 40.5 Å². The number of methoxy groups -OCH3 is 1. The number of alkyl carbamates (subject to hydrolysis) is 1. The van der Waals surface area contributed by atoms with E-state index in [-0.39, 0.29) is 12.5 Å². The lowest BCUT2D eigenvalue weighted by Crippen LogP contribution is -2.26. The fourth-order valence-corrected chi connectivity index (χ4v) is 3.90. The summed E-state index contributed by atoms with van der Waals surface area (Å²) in [6.45, 7) is 0.674. The van der Waals surface area contributed by atoms with Gasteiger partial charge in [0.1, 0.15) is 18.4 Å². The number of benzene rings is 3. The third-order valence-electron chi connectivity index (χ3n) is 5.42. The van der Waals surface area contributed by atoms with Crippen LogP contribution in [0.15, 0.2) is 66.7 Å². The quantitative estimate of drug-likeness (QED) is 0.471. The van der Waals surface area contributed by atoms with Crippen LogP contribution in [0.25, 0.3) is 11.1 Å². The molecule has 0 fully saturated rings. The van der Waals surface area contributed by atoms with Crippen molar-refractivity contribution < 1.29 is 14.3 Å². The molecule has 1 aliphatic carbocycles. The van der Waals surface area contributed by atoms with Gasteiger partial charge in [-0.3, -0.25) is 0 Å². The molecule has 4 rings (SSSR count). The van der Waals surface area contributed by atoms with Crippen LogP contribution in [0.1, 0.15) is 34.6 Å². The molecule has 0 atom stereocenters. The third kappa shape index (κ3) is 4.43. The summed E-state index contributed by atoms with van der Waals surface area (Å²) >= 11 is 0. The maximum atomic E-state index is 12.2. The molecule has 32 heavy (non-hydrogen) atoms. The van der Waals surface area contributed by atoms with Crippen LogP contribution in [0.5, 0.6) is 5.75 Å². The molecule has 0 radical (unpaired) electrons. The number of ether oxygens (including phenoxy) is 2. The predicted molar refractivity (Wildman–Crippen MR) is 122 cm³/mol. The van der Waals surface area contributed by atoms with E-state index in [4.69, 9.17) is 14.7 Å². The van der Waals surface area contributed by atoms with E-state index in [1.54, 1.807) is 18.2 Å². The van der Waals surface area contributed by atoms with Crippen LogP contribution in [0.3, 0.4) is 0 Å². The fraction of sp³-hybridized carbons (Fsp3) is 0.185. The highest BCUT2D eigenvalue weighted by Gasteiger charge is 2.28. The van der Waals surface area contributed by atoms with Gasteiger partial charge in [-0.25, -0.2) is 4.79 Å². The average molecular weight is 422 g/mol. The standard InChI is InChI=1S/C27H22N2O3/c1-31-26-16-19(13-14-20(26)17-28)8-6-7-15-29-27(30)32-18-25-23-11-4-2-9-21(23)22-10-3-5-12-24(22)25/h2-5,9-14,16,25H,7,15,18H2,1H3,(H,29,30). The normalized spacial score (nSPS) is 11.4. The molecule has 0 saturated heterocycles. The van der Waals surface area contributed by atoms with Crippen molar-refractivity contribution in [3.63, 3.8) is 0 Å². The second-order valence-corrected chi connectivity index (χ2v) is 7.33. The topological polar surface area (TPSA) is 71.3 Å². The molecule has 1 amide bonds. The van der Waals surface area contributed by atoms with Gasteiger partial charge in [-0.1, -0.05) is 60.4 Å². The van der Waals surface area contributed by atoms with E-state index in [1.807, 2.05) is 24.3 Å². The second kappa shape index (κ2) is 9.73. The molecule has 3 aromatic rings. The molecule has 0 bridgehead atoms. The number of hydrogen-bond donors (Lipinski definition) is 1. The first-order valence-corrected chi connectivity index (χ1v) is 10.4. The SMILES string of the molecule is COc1cc(C#CCCNC(=O)OCC2c3ccccc3-c3ccccc32)ccc1C#N. The molecule has 0 aromatic heterocycles. The second-order valence-electron chi connectivity index (χ2n) is 7.33. The average Bonchev–Trinajstić information content (AvgIpc) is 3.16. The highest BCUT2D eigenvalue weighted by molar-refractivity contribution is 5.79. The van der Waals surface area contributed by atoms with Crippen molar-refractivity contribution in [2.75, 3.05) is 20.3 Å². The number of rotatable bonds is 5. The van der Waals surface area contributed by atoms with Crippen LogP contribution < -0.4 is 10.1 Å². The Morgan fingerprint density at radius 3 is 2.38 bits per heavy atom. The van der Waals surface area contributed by atoms with Gasteiger partial charge >= 0.3 is 6.09 Å². The molecule has 3 aromatic carbocycles. The van der Waals surface area contributed by atoms with E-state index < -0.39 is 6.09 Å².